The summed E-state index contributed by atoms with van der Waals surface area (Å²) in [4.78, 5) is 8.59. The average Bonchev–Trinajstić information content (AvgIpc) is 3.34. The molecule has 0 saturated carbocycles. The van der Waals surface area contributed by atoms with Gasteiger partial charge in [0.25, 0.3) is 5.89 Å². The van der Waals surface area contributed by atoms with Crippen LogP contribution in [0.5, 0.6) is 5.75 Å². The van der Waals surface area contributed by atoms with Crippen LogP contribution in [-0.4, -0.2) is 37.8 Å². The highest BCUT2D eigenvalue weighted by Crippen LogP contribution is 2.35. The zero-order valence-corrected chi connectivity index (χ0v) is 18.1. The van der Waals surface area contributed by atoms with Crippen molar-refractivity contribution in [3.8, 4) is 28.7 Å². The van der Waals surface area contributed by atoms with E-state index in [1.165, 1.54) is 10.6 Å². The molecule has 0 aliphatic rings. The Bertz CT molecular complexity index is 1270. The van der Waals surface area contributed by atoms with Crippen molar-refractivity contribution in [3.05, 3.63) is 51.2 Å². The molecule has 0 amide bonds. The van der Waals surface area contributed by atoms with E-state index in [2.05, 4.69) is 31.1 Å². The van der Waals surface area contributed by atoms with Gasteiger partial charge in [0.05, 0.1) is 21.7 Å². The van der Waals surface area contributed by atoms with Crippen molar-refractivity contribution < 1.29 is 27.5 Å². The maximum atomic E-state index is 13.1. The molecule has 0 radical (unpaired) electrons. The third-order valence-electron chi connectivity index (χ3n) is 4.35. The minimum absolute atomic E-state index is 0.0373. The summed E-state index contributed by atoms with van der Waals surface area (Å²) in [5.74, 6) is 0.678. The second-order valence-corrected chi connectivity index (χ2v) is 7.79. The van der Waals surface area contributed by atoms with Gasteiger partial charge in [-0.3, -0.25) is 0 Å². The van der Waals surface area contributed by atoms with Gasteiger partial charge in [0.2, 0.25) is 5.82 Å². The second-order valence-electron chi connectivity index (χ2n) is 6.52. The number of hydrogen-bond acceptors (Lipinski definition) is 6. The topological polar surface area (TPSA) is 85.7 Å². The van der Waals surface area contributed by atoms with Gasteiger partial charge >= 0.3 is 6.18 Å². The number of hydrogen-bond donors (Lipinski definition) is 1. The van der Waals surface area contributed by atoms with Gasteiger partial charge in [0.1, 0.15) is 18.1 Å². The molecule has 4 rings (SSSR count). The Hall–Kier alpha value is -2.63. The van der Waals surface area contributed by atoms with Crippen molar-refractivity contribution in [2.45, 2.75) is 13.1 Å². The second kappa shape index (κ2) is 8.13. The van der Waals surface area contributed by atoms with Crippen LogP contribution in [0, 0.1) is 6.92 Å². The largest absolute Gasteiger partial charge is 0.490 e. The highest BCUT2D eigenvalue weighted by atomic mass is 79.9. The van der Waals surface area contributed by atoms with Crippen LogP contribution in [0.15, 0.2) is 39.6 Å². The molecule has 0 atom stereocenters. The summed E-state index contributed by atoms with van der Waals surface area (Å²) >= 11 is 9.35. The number of alkyl halides is 3. The van der Waals surface area contributed by atoms with Crippen LogP contribution >= 0.6 is 27.5 Å². The van der Waals surface area contributed by atoms with Crippen LogP contribution in [0.1, 0.15) is 11.1 Å². The van der Waals surface area contributed by atoms with Crippen LogP contribution in [0.4, 0.5) is 13.2 Å². The molecule has 0 unspecified atom stereocenters. The number of nitrogens with zero attached hydrogens (tertiary/aromatic N) is 4. The van der Waals surface area contributed by atoms with Gasteiger partial charge in [-0.15, -0.1) is 0 Å². The lowest BCUT2D eigenvalue weighted by molar-refractivity contribution is -0.137. The molecule has 0 aliphatic heterocycles. The molecular formula is C19H13BrClF3N4O3. The Morgan fingerprint density at radius 1 is 1.23 bits per heavy atom. The fourth-order valence-electron chi connectivity index (χ4n) is 2.91. The van der Waals surface area contributed by atoms with Crippen molar-refractivity contribution in [1.82, 2.24) is 19.5 Å². The van der Waals surface area contributed by atoms with Gasteiger partial charge in [-0.2, -0.15) is 18.2 Å². The molecule has 0 aliphatic carbocycles. The first-order valence-corrected chi connectivity index (χ1v) is 9.98. The Morgan fingerprint density at radius 3 is 2.71 bits per heavy atom. The predicted octanol–water partition coefficient (Wildman–Crippen LogP) is 5.17. The van der Waals surface area contributed by atoms with E-state index in [-0.39, 0.29) is 40.7 Å². The minimum Gasteiger partial charge on any atom is -0.490 e. The monoisotopic (exact) mass is 516 g/mol. The predicted molar refractivity (Wildman–Crippen MR) is 109 cm³/mol. The summed E-state index contributed by atoms with van der Waals surface area (Å²) in [6.07, 6.45) is -2.19. The SMILES string of the molecule is Cc1cc(OCCO)c(Cl)cc1-c1noc(-c2cn3cc(C(F)(F)F)cc(Br)c3n2)n1. The van der Waals surface area contributed by atoms with Crippen molar-refractivity contribution in [2.75, 3.05) is 13.2 Å². The number of halogens is 5. The van der Waals surface area contributed by atoms with Crippen LogP contribution in [-0.2, 0) is 6.18 Å². The van der Waals surface area contributed by atoms with Crippen molar-refractivity contribution in [1.29, 1.82) is 0 Å². The Balaban J connectivity index is 1.70. The van der Waals surface area contributed by atoms with E-state index in [1.807, 2.05) is 0 Å². The fraction of sp³-hybridized carbons (Fsp3) is 0.211. The quantitative estimate of drug-likeness (QED) is 0.393. The highest BCUT2D eigenvalue weighted by molar-refractivity contribution is 9.10. The van der Waals surface area contributed by atoms with E-state index in [4.69, 9.17) is 26.0 Å². The van der Waals surface area contributed by atoms with Crippen molar-refractivity contribution >= 4 is 33.2 Å². The molecule has 7 nitrogen and oxygen atoms in total. The third-order valence-corrected chi connectivity index (χ3v) is 5.23. The van der Waals surface area contributed by atoms with Gasteiger partial charge in [0.15, 0.2) is 5.65 Å². The number of aryl methyl sites for hydroxylation is 1. The van der Waals surface area contributed by atoms with Gasteiger partial charge in [-0.25, -0.2) is 4.98 Å². The van der Waals surface area contributed by atoms with Gasteiger partial charge in [0, 0.05) is 18.0 Å². The number of benzene rings is 1. The maximum Gasteiger partial charge on any atom is 0.417 e. The van der Waals surface area contributed by atoms with E-state index >= 15 is 0 Å². The molecule has 0 fully saturated rings. The van der Waals surface area contributed by atoms with Gasteiger partial charge in [-0.05, 0) is 46.6 Å². The van der Waals surface area contributed by atoms with Crippen LogP contribution in [0.3, 0.4) is 0 Å². The molecule has 3 aromatic heterocycles. The summed E-state index contributed by atoms with van der Waals surface area (Å²) in [5.41, 5.74) is 0.992. The van der Waals surface area contributed by atoms with Crippen LogP contribution in [0.2, 0.25) is 5.02 Å². The molecular weight excluding hydrogens is 505 g/mol. The summed E-state index contributed by atoms with van der Waals surface area (Å²) in [5, 5.41) is 13.1. The van der Waals surface area contributed by atoms with E-state index in [0.717, 1.165) is 17.8 Å². The maximum absolute atomic E-state index is 13.1. The molecule has 1 N–H and O–H groups in total. The van der Waals surface area contributed by atoms with Crippen molar-refractivity contribution in [3.63, 3.8) is 0 Å². The zero-order chi connectivity index (χ0) is 22.3. The van der Waals surface area contributed by atoms with E-state index in [1.54, 1.807) is 19.1 Å². The van der Waals surface area contributed by atoms with Crippen molar-refractivity contribution in [2.24, 2.45) is 0 Å². The molecule has 4 aromatic rings. The smallest absolute Gasteiger partial charge is 0.417 e. The van der Waals surface area contributed by atoms with E-state index < -0.39 is 11.7 Å². The summed E-state index contributed by atoms with van der Waals surface area (Å²) in [6.45, 7) is 1.75. The molecule has 0 spiro atoms. The Labute approximate surface area is 186 Å². The Morgan fingerprint density at radius 2 is 2.00 bits per heavy atom. The molecule has 3 heterocycles. The Kier molecular flexibility index (Phi) is 5.67. The number of rotatable bonds is 5. The van der Waals surface area contributed by atoms with Crippen LogP contribution in [0.25, 0.3) is 28.6 Å². The lowest BCUT2D eigenvalue weighted by Crippen LogP contribution is -2.06. The summed E-state index contributed by atoms with van der Waals surface area (Å²) in [6, 6.07) is 4.25. The number of imidazole rings is 1. The zero-order valence-electron chi connectivity index (χ0n) is 15.7. The first-order chi connectivity index (χ1) is 14.7. The summed E-state index contributed by atoms with van der Waals surface area (Å²) < 4.78 is 51.2. The first-order valence-electron chi connectivity index (χ1n) is 8.81. The third kappa shape index (κ3) is 4.25. The summed E-state index contributed by atoms with van der Waals surface area (Å²) in [7, 11) is 0. The molecule has 0 bridgehead atoms. The number of pyridine rings is 1. The van der Waals surface area contributed by atoms with Gasteiger partial charge in [-0.1, -0.05) is 16.8 Å². The van der Waals surface area contributed by atoms with E-state index in [0.29, 0.717) is 16.3 Å². The molecule has 0 saturated heterocycles. The van der Waals surface area contributed by atoms with Crippen LogP contribution < -0.4 is 4.74 Å². The number of ether oxygens (including phenoxy) is 1. The highest BCUT2D eigenvalue weighted by Gasteiger charge is 2.32. The average molecular weight is 518 g/mol. The lowest BCUT2D eigenvalue weighted by Gasteiger charge is -2.09. The standard InChI is InChI=1S/C19H13BrClF3N4O3/c1-9-4-15(30-3-2-29)13(21)6-11(9)16-26-18(31-27-16)14-8-28-7-10(19(22,23)24)5-12(20)17(28)25-14/h4-8,29H,2-3H2,1H3. The first kappa shape index (κ1) is 21.6. The number of fused-ring (bicyclic) bond motifs is 1. The lowest BCUT2D eigenvalue weighted by atomic mass is 10.1. The fourth-order valence-corrected chi connectivity index (χ4v) is 3.67. The minimum atomic E-state index is -4.50. The number of aromatic nitrogens is 4. The number of aliphatic hydroxyl groups excluding tert-OH is 1. The molecule has 12 heteroatoms. The molecule has 1 aromatic carbocycles. The van der Waals surface area contributed by atoms with E-state index in [9.17, 15) is 13.2 Å². The van der Waals surface area contributed by atoms with Gasteiger partial charge < -0.3 is 18.8 Å². The molecule has 162 valence electrons. The molecule has 31 heavy (non-hydrogen) atoms. The number of aliphatic hydroxyl groups is 1. The normalized spacial score (nSPS) is 12.0.